The van der Waals surface area contributed by atoms with Crippen molar-refractivity contribution in [2.45, 2.75) is 19.8 Å². The third-order valence-electron chi connectivity index (χ3n) is 3.48. The topological polar surface area (TPSA) is 12.0 Å². The first-order valence-corrected chi connectivity index (χ1v) is 7.61. The quantitative estimate of drug-likeness (QED) is 0.767. The molecule has 0 fully saturated rings. The fourth-order valence-corrected chi connectivity index (χ4v) is 2.65. The van der Waals surface area contributed by atoms with Gasteiger partial charge in [-0.15, -0.1) is 0 Å². The van der Waals surface area contributed by atoms with Crippen LogP contribution in [0.25, 0.3) is 0 Å². The predicted octanol–water partition coefficient (Wildman–Crippen LogP) is 5.44. The van der Waals surface area contributed by atoms with Crippen molar-refractivity contribution < 1.29 is 4.39 Å². The van der Waals surface area contributed by atoms with E-state index in [0.717, 1.165) is 12.2 Å². The van der Waals surface area contributed by atoms with Gasteiger partial charge in [0.25, 0.3) is 0 Å². The normalized spacial score (nSPS) is 12.4. The van der Waals surface area contributed by atoms with Gasteiger partial charge in [0.1, 0.15) is 5.82 Å². The Morgan fingerprint density at radius 3 is 2.40 bits per heavy atom. The van der Waals surface area contributed by atoms with Crippen molar-refractivity contribution in [1.29, 1.82) is 0 Å². The highest BCUT2D eigenvalue weighted by atomic mass is 79.9. The number of hydrogen-bond donors (Lipinski definition) is 1. The van der Waals surface area contributed by atoms with E-state index in [0.29, 0.717) is 16.3 Å². The molecule has 0 aliphatic carbocycles. The molecule has 2 rings (SSSR count). The van der Waals surface area contributed by atoms with Crippen LogP contribution in [0.5, 0.6) is 0 Å². The van der Waals surface area contributed by atoms with E-state index >= 15 is 0 Å². The first-order chi connectivity index (χ1) is 9.58. The molecular weight excluding hydrogens is 317 g/mol. The fraction of sp³-hybridized carbons (Fsp3) is 0.294. The molecule has 106 valence electrons. The van der Waals surface area contributed by atoms with E-state index in [1.54, 1.807) is 12.1 Å². The highest BCUT2D eigenvalue weighted by Crippen LogP contribution is 2.26. The lowest BCUT2D eigenvalue weighted by molar-refractivity contribution is 0.517. The number of halogens is 2. The molecule has 0 spiro atoms. The summed E-state index contributed by atoms with van der Waals surface area (Å²) >= 11 is 3.21. The summed E-state index contributed by atoms with van der Waals surface area (Å²) in [5.41, 5.74) is 2.26. The van der Waals surface area contributed by atoms with E-state index in [-0.39, 0.29) is 5.82 Å². The Morgan fingerprint density at radius 1 is 1.10 bits per heavy atom. The van der Waals surface area contributed by atoms with Crippen molar-refractivity contribution in [2.75, 3.05) is 11.9 Å². The summed E-state index contributed by atoms with van der Waals surface area (Å²) in [6.07, 6.45) is 0. The Labute approximate surface area is 128 Å². The molecule has 0 radical (unpaired) electrons. The summed E-state index contributed by atoms with van der Waals surface area (Å²) in [5, 5.41) is 3.40. The van der Waals surface area contributed by atoms with E-state index in [9.17, 15) is 4.39 Å². The molecule has 0 aromatic heterocycles. The van der Waals surface area contributed by atoms with Gasteiger partial charge in [0.15, 0.2) is 0 Å². The molecule has 2 aromatic rings. The minimum absolute atomic E-state index is 0.237. The SMILES string of the molecule is CC(C)C(CNc1ccc(F)c(Br)c1)c1ccccc1. The van der Waals surface area contributed by atoms with E-state index in [1.165, 1.54) is 11.6 Å². The summed E-state index contributed by atoms with van der Waals surface area (Å²) in [6.45, 7) is 5.28. The average molecular weight is 336 g/mol. The maximum atomic E-state index is 13.2. The van der Waals surface area contributed by atoms with E-state index in [2.05, 4.69) is 59.4 Å². The average Bonchev–Trinajstić information content (AvgIpc) is 2.44. The van der Waals surface area contributed by atoms with Gasteiger partial charge in [-0.3, -0.25) is 0 Å². The number of nitrogens with one attached hydrogen (secondary N) is 1. The van der Waals surface area contributed by atoms with Crippen molar-refractivity contribution in [3.05, 3.63) is 64.4 Å². The summed E-state index contributed by atoms with van der Waals surface area (Å²) in [5.74, 6) is 0.729. The van der Waals surface area contributed by atoms with Gasteiger partial charge in [-0.25, -0.2) is 4.39 Å². The molecule has 0 saturated carbocycles. The predicted molar refractivity (Wildman–Crippen MR) is 86.6 cm³/mol. The minimum atomic E-state index is -0.237. The second-order valence-corrected chi connectivity index (χ2v) is 6.13. The molecule has 1 atom stereocenters. The maximum Gasteiger partial charge on any atom is 0.137 e. The van der Waals surface area contributed by atoms with Crippen LogP contribution in [-0.2, 0) is 0 Å². The van der Waals surface area contributed by atoms with Gasteiger partial charge >= 0.3 is 0 Å². The van der Waals surface area contributed by atoms with Crippen molar-refractivity contribution >= 4 is 21.6 Å². The van der Waals surface area contributed by atoms with Crippen LogP contribution in [0.1, 0.15) is 25.3 Å². The Balaban J connectivity index is 2.08. The lowest BCUT2D eigenvalue weighted by Gasteiger charge is -2.22. The largest absolute Gasteiger partial charge is 0.384 e. The highest BCUT2D eigenvalue weighted by Gasteiger charge is 2.15. The summed E-state index contributed by atoms with van der Waals surface area (Å²) in [6, 6.07) is 15.5. The molecular formula is C17H19BrFN. The van der Waals surface area contributed by atoms with Crippen molar-refractivity contribution in [2.24, 2.45) is 5.92 Å². The van der Waals surface area contributed by atoms with Crippen LogP contribution in [0.15, 0.2) is 53.0 Å². The molecule has 1 N–H and O–H groups in total. The molecule has 2 aromatic carbocycles. The Kier molecular flexibility index (Phi) is 5.18. The lowest BCUT2D eigenvalue weighted by Crippen LogP contribution is -2.17. The molecule has 1 unspecified atom stereocenters. The summed E-state index contributed by atoms with van der Waals surface area (Å²) < 4.78 is 13.7. The molecule has 1 nitrogen and oxygen atoms in total. The number of rotatable bonds is 5. The zero-order valence-electron chi connectivity index (χ0n) is 11.7. The van der Waals surface area contributed by atoms with Gasteiger partial charge in [-0.1, -0.05) is 44.2 Å². The Hall–Kier alpha value is -1.35. The molecule has 0 heterocycles. The monoisotopic (exact) mass is 335 g/mol. The van der Waals surface area contributed by atoms with Gasteiger partial charge in [0.2, 0.25) is 0 Å². The Bertz CT molecular complexity index is 554. The lowest BCUT2D eigenvalue weighted by atomic mass is 9.88. The van der Waals surface area contributed by atoms with Gasteiger partial charge < -0.3 is 5.32 Å². The second kappa shape index (κ2) is 6.89. The first-order valence-electron chi connectivity index (χ1n) is 6.82. The number of hydrogen-bond acceptors (Lipinski definition) is 1. The number of anilines is 1. The maximum absolute atomic E-state index is 13.2. The van der Waals surface area contributed by atoms with Crippen LogP contribution < -0.4 is 5.32 Å². The first kappa shape index (κ1) is 15.0. The van der Waals surface area contributed by atoms with Crippen molar-refractivity contribution in [3.63, 3.8) is 0 Å². The van der Waals surface area contributed by atoms with Crippen LogP contribution in [0.2, 0.25) is 0 Å². The summed E-state index contributed by atoms with van der Waals surface area (Å²) in [4.78, 5) is 0. The van der Waals surface area contributed by atoms with Crippen LogP contribution in [0, 0.1) is 11.7 Å². The highest BCUT2D eigenvalue weighted by molar-refractivity contribution is 9.10. The van der Waals surface area contributed by atoms with Crippen LogP contribution >= 0.6 is 15.9 Å². The molecule has 3 heteroatoms. The fourth-order valence-electron chi connectivity index (χ4n) is 2.27. The van der Waals surface area contributed by atoms with Crippen LogP contribution in [0.3, 0.4) is 0 Å². The standard InChI is InChI=1S/C17H19BrFN/c1-12(2)15(13-6-4-3-5-7-13)11-20-14-8-9-17(19)16(18)10-14/h3-10,12,15,20H,11H2,1-2H3. The molecule has 0 aliphatic heterocycles. The molecule has 0 saturated heterocycles. The second-order valence-electron chi connectivity index (χ2n) is 5.27. The summed E-state index contributed by atoms with van der Waals surface area (Å²) in [7, 11) is 0. The van der Waals surface area contributed by atoms with Crippen molar-refractivity contribution in [3.8, 4) is 0 Å². The molecule has 0 aliphatic rings. The molecule has 20 heavy (non-hydrogen) atoms. The number of benzene rings is 2. The molecule has 0 bridgehead atoms. The van der Waals surface area contributed by atoms with Gasteiger partial charge in [0.05, 0.1) is 4.47 Å². The van der Waals surface area contributed by atoms with Gasteiger partial charge in [-0.2, -0.15) is 0 Å². The van der Waals surface area contributed by atoms with Gasteiger partial charge in [0, 0.05) is 18.2 Å². The minimum Gasteiger partial charge on any atom is -0.384 e. The van der Waals surface area contributed by atoms with E-state index < -0.39 is 0 Å². The van der Waals surface area contributed by atoms with E-state index in [4.69, 9.17) is 0 Å². The zero-order chi connectivity index (χ0) is 14.5. The Morgan fingerprint density at radius 2 is 1.80 bits per heavy atom. The third kappa shape index (κ3) is 3.83. The molecule has 0 amide bonds. The van der Waals surface area contributed by atoms with Gasteiger partial charge in [-0.05, 0) is 45.6 Å². The van der Waals surface area contributed by atoms with E-state index in [1.807, 2.05) is 6.07 Å². The van der Waals surface area contributed by atoms with Crippen molar-refractivity contribution in [1.82, 2.24) is 0 Å². The zero-order valence-corrected chi connectivity index (χ0v) is 13.3. The third-order valence-corrected chi connectivity index (χ3v) is 4.09. The van der Waals surface area contributed by atoms with Crippen LogP contribution in [-0.4, -0.2) is 6.54 Å². The van der Waals surface area contributed by atoms with Crippen LogP contribution in [0.4, 0.5) is 10.1 Å². The smallest absolute Gasteiger partial charge is 0.137 e.